The number of anilines is 1. The Labute approximate surface area is 239 Å². The van der Waals surface area contributed by atoms with E-state index in [1.165, 1.54) is 29.0 Å². The summed E-state index contributed by atoms with van der Waals surface area (Å²) in [5, 5.41) is 11.8. The van der Waals surface area contributed by atoms with Crippen molar-refractivity contribution in [3.63, 3.8) is 0 Å². The van der Waals surface area contributed by atoms with Crippen LogP contribution in [0.5, 0.6) is 0 Å². The van der Waals surface area contributed by atoms with Gasteiger partial charge in [0, 0.05) is 0 Å². The Morgan fingerprint density at radius 2 is 1.57 bits per heavy atom. The van der Waals surface area contributed by atoms with Gasteiger partial charge in [-0.3, -0.25) is 0 Å². The molecular formula is C28H33N3O8Se. The molecule has 2 aliphatic rings. The maximum atomic E-state index is 13.9. The summed E-state index contributed by atoms with van der Waals surface area (Å²) in [6.07, 6.45) is -2.57. The van der Waals surface area contributed by atoms with E-state index in [-0.39, 0.29) is 17.8 Å². The number of carbonyl (C=O) groups is 3. The van der Waals surface area contributed by atoms with Gasteiger partial charge in [0.1, 0.15) is 0 Å². The average Bonchev–Trinajstić information content (AvgIpc) is 3.30. The van der Waals surface area contributed by atoms with Crippen LogP contribution in [-0.4, -0.2) is 73.5 Å². The molecule has 1 saturated heterocycles. The fraction of sp³-hybridized carbons (Fsp3) is 0.464. The normalized spacial score (nSPS) is 21.9. The van der Waals surface area contributed by atoms with E-state index in [9.17, 15) is 24.5 Å². The van der Waals surface area contributed by atoms with Crippen molar-refractivity contribution in [1.29, 1.82) is 0 Å². The topological polar surface area (TPSA) is 129 Å². The molecule has 2 amide bonds. The third kappa shape index (κ3) is 5.51. The van der Waals surface area contributed by atoms with Gasteiger partial charge >= 0.3 is 239 Å². The quantitative estimate of drug-likeness (QED) is 0.165. The van der Waals surface area contributed by atoms with Crippen molar-refractivity contribution < 1.29 is 33.5 Å². The minimum atomic E-state index is -1.08. The summed E-state index contributed by atoms with van der Waals surface area (Å²) >= 11 is -0.469. The molecule has 4 rings (SSSR count). The van der Waals surface area contributed by atoms with Gasteiger partial charge in [-0.05, 0) is 0 Å². The molecule has 1 fully saturated rings. The van der Waals surface area contributed by atoms with Gasteiger partial charge in [-0.1, -0.05) is 0 Å². The summed E-state index contributed by atoms with van der Waals surface area (Å²) in [5.74, 6) is -0.656. The summed E-state index contributed by atoms with van der Waals surface area (Å²) < 4.78 is 16.6. The molecule has 0 radical (unpaired) electrons. The average molecular weight is 619 g/mol. The second kappa shape index (κ2) is 10.4. The fourth-order valence-electron chi connectivity index (χ4n) is 5.02. The first-order chi connectivity index (χ1) is 18.6. The Kier molecular flexibility index (Phi) is 7.64. The number of amides is 2. The van der Waals surface area contributed by atoms with Crippen LogP contribution in [0, 0.1) is 10.1 Å². The van der Waals surface area contributed by atoms with E-state index in [1.807, 2.05) is 30.3 Å². The van der Waals surface area contributed by atoms with Gasteiger partial charge in [0.05, 0.1) is 0 Å². The molecule has 2 aromatic rings. The number of non-ortho nitro benzene ring substituents is 1. The monoisotopic (exact) mass is 619 g/mol. The van der Waals surface area contributed by atoms with Crippen molar-refractivity contribution in [2.75, 3.05) is 12.0 Å². The van der Waals surface area contributed by atoms with Crippen LogP contribution in [0.1, 0.15) is 53.5 Å². The van der Waals surface area contributed by atoms with Gasteiger partial charge in [-0.15, -0.1) is 0 Å². The van der Waals surface area contributed by atoms with Crippen molar-refractivity contribution in [1.82, 2.24) is 4.90 Å². The van der Waals surface area contributed by atoms with E-state index in [2.05, 4.69) is 0 Å². The summed E-state index contributed by atoms with van der Waals surface area (Å²) in [6.45, 7) is 10.2. The number of hydrogen-bond acceptors (Lipinski definition) is 8. The molecule has 3 atom stereocenters. The molecule has 2 heterocycles. The molecule has 2 aromatic carbocycles. The number of ether oxygens (including phenoxy) is 3. The molecule has 214 valence electrons. The summed E-state index contributed by atoms with van der Waals surface area (Å²) in [4.78, 5) is 54.6. The molecule has 0 aromatic heterocycles. The number of nitro groups is 1. The van der Waals surface area contributed by atoms with Crippen LogP contribution >= 0.6 is 0 Å². The molecule has 0 N–H and O–H groups in total. The number of benzene rings is 2. The third-order valence-corrected chi connectivity index (χ3v) is 9.46. The molecule has 2 aliphatic heterocycles. The van der Waals surface area contributed by atoms with Crippen LogP contribution in [0.2, 0.25) is 0 Å². The van der Waals surface area contributed by atoms with Gasteiger partial charge in [0.25, 0.3) is 0 Å². The van der Waals surface area contributed by atoms with E-state index in [1.54, 1.807) is 47.6 Å². The number of methoxy groups -OCH3 is 1. The van der Waals surface area contributed by atoms with E-state index in [0.717, 1.165) is 4.46 Å². The van der Waals surface area contributed by atoms with Gasteiger partial charge in [0.15, 0.2) is 0 Å². The Morgan fingerprint density at radius 3 is 2.12 bits per heavy atom. The van der Waals surface area contributed by atoms with Crippen molar-refractivity contribution in [2.45, 2.75) is 75.7 Å². The Hall–Kier alpha value is -3.63. The summed E-state index contributed by atoms with van der Waals surface area (Å²) in [6, 6.07) is 12.8. The number of nitrogens with zero attached hydrogens (tertiary/aromatic N) is 3. The van der Waals surface area contributed by atoms with E-state index < -0.39 is 65.8 Å². The molecule has 40 heavy (non-hydrogen) atoms. The van der Waals surface area contributed by atoms with Crippen molar-refractivity contribution in [2.24, 2.45) is 0 Å². The van der Waals surface area contributed by atoms with Gasteiger partial charge in [0.2, 0.25) is 0 Å². The molecule has 12 heteroatoms. The van der Waals surface area contributed by atoms with Crippen LogP contribution in [0.3, 0.4) is 0 Å². The van der Waals surface area contributed by atoms with Gasteiger partial charge in [-0.2, -0.15) is 0 Å². The fourth-order valence-corrected chi connectivity index (χ4v) is 8.30. The predicted molar refractivity (Wildman–Crippen MR) is 148 cm³/mol. The van der Waals surface area contributed by atoms with Crippen LogP contribution in [0.25, 0.3) is 0 Å². The molecular weight excluding hydrogens is 585 g/mol. The first kappa shape index (κ1) is 29.4. The standard InChI is InChI=1S/C28H33N3O8Se/c1-26(2,3)38-24(33)29-20-15-17(31(35)36)13-14-19(20)28(40-18-11-9-8-10-12-18)16-21(22(32)37-7)30(23(28)29)25(34)39-27(4,5)6/h8-15,21,23H,16H2,1-7H3/t21-,23?,28?/m0/s1. The van der Waals surface area contributed by atoms with E-state index in [0.29, 0.717) is 5.56 Å². The van der Waals surface area contributed by atoms with Crippen LogP contribution in [0.4, 0.5) is 21.0 Å². The first-order valence-electron chi connectivity index (χ1n) is 12.7. The number of carbonyl (C=O) groups excluding carboxylic acids is 3. The zero-order chi connectivity index (χ0) is 29.6. The van der Waals surface area contributed by atoms with Crippen molar-refractivity contribution >= 4 is 48.9 Å². The number of fused-ring (bicyclic) bond motifs is 3. The van der Waals surface area contributed by atoms with Crippen LogP contribution in [0.15, 0.2) is 48.5 Å². The molecule has 2 unspecified atom stereocenters. The van der Waals surface area contributed by atoms with Gasteiger partial charge in [-0.25, -0.2) is 0 Å². The van der Waals surface area contributed by atoms with Gasteiger partial charge < -0.3 is 0 Å². The summed E-state index contributed by atoms with van der Waals surface area (Å²) in [5.41, 5.74) is -1.18. The van der Waals surface area contributed by atoms with Crippen molar-refractivity contribution in [3.8, 4) is 0 Å². The minimum absolute atomic E-state index is 0.114. The first-order valence-corrected chi connectivity index (χ1v) is 14.4. The molecule has 11 nitrogen and oxygen atoms in total. The third-order valence-electron chi connectivity index (χ3n) is 6.38. The molecule has 0 bridgehead atoms. The molecule has 0 saturated carbocycles. The predicted octanol–water partition coefficient (Wildman–Crippen LogP) is 4.08. The zero-order valence-electron chi connectivity index (χ0n) is 23.5. The molecule has 0 aliphatic carbocycles. The van der Waals surface area contributed by atoms with E-state index >= 15 is 0 Å². The maximum absolute atomic E-state index is 13.9. The van der Waals surface area contributed by atoms with Crippen molar-refractivity contribution in [3.05, 3.63) is 64.2 Å². The Bertz CT molecular complexity index is 1340. The zero-order valence-corrected chi connectivity index (χ0v) is 25.2. The Balaban J connectivity index is 2.01. The Morgan fingerprint density at radius 1 is 0.975 bits per heavy atom. The SMILES string of the molecule is COC(=O)[C@@H]1CC2([Se]c3ccccc3)c3ccc([N+](=O)[O-])cc3N(C(=O)OC(C)(C)C)C2N1C(=O)OC(C)(C)C. The van der Waals surface area contributed by atoms with E-state index in [4.69, 9.17) is 14.2 Å². The second-order valence-electron chi connectivity index (χ2n) is 11.6. The number of esters is 1. The number of hydrogen-bond donors (Lipinski definition) is 0. The number of likely N-dealkylation sites (tertiary alicyclic amines) is 1. The van der Waals surface area contributed by atoms with Crippen LogP contribution in [-0.2, 0) is 23.3 Å². The van der Waals surface area contributed by atoms with Crippen LogP contribution < -0.4 is 9.36 Å². The summed E-state index contributed by atoms with van der Waals surface area (Å²) in [7, 11) is 1.24. The second-order valence-corrected chi connectivity index (χ2v) is 14.6. The number of nitro benzene ring substituents is 1. The molecule has 0 spiro atoms. The number of rotatable bonds is 4.